The lowest BCUT2D eigenvalue weighted by atomic mass is 9.58. The first kappa shape index (κ1) is 31.0. The van der Waals surface area contributed by atoms with E-state index in [1.807, 2.05) is 20.8 Å². The molecule has 4 rings (SSSR count). The molecule has 226 valence electrons. The highest BCUT2D eigenvalue weighted by Crippen LogP contribution is 2.59. The number of fused-ring (bicyclic) bond motifs is 2. The number of rotatable bonds is 10. The Morgan fingerprint density at radius 2 is 1.75 bits per heavy atom. The summed E-state index contributed by atoms with van der Waals surface area (Å²) in [5.41, 5.74) is -1.66. The van der Waals surface area contributed by atoms with Gasteiger partial charge >= 0.3 is 17.9 Å². The molecular weight excluding hydrogens is 512 g/mol. The predicted molar refractivity (Wildman–Crippen MR) is 149 cm³/mol. The smallest absolute Gasteiger partial charge is 0.309 e. The molecule has 0 aromatic carbocycles. The molecule has 0 aromatic heterocycles. The highest BCUT2D eigenvalue weighted by molar-refractivity contribution is 5.74. The molecule has 0 aromatic rings. The van der Waals surface area contributed by atoms with Gasteiger partial charge in [-0.25, -0.2) is 0 Å². The van der Waals surface area contributed by atoms with E-state index in [1.54, 1.807) is 6.92 Å². The van der Waals surface area contributed by atoms with E-state index in [4.69, 9.17) is 18.9 Å². The highest BCUT2D eigenvalue weighted by Gasteiger charge is 2.68. The predicted octanol–water partition coefficient (Wildman–Crippen LogP) is 5.43. The number of esters is 3. The van der Waals surface area contributed by atoms with Gasteiger partial charge in [0.1, 0.15) is 18.3 Å². The number of hydrogen-bond acceptors (Lipinski definition) is 8. The third kappa shape index (κ3) is 6.13. The zero-order valence-corrected chi connectivity index (χ0v) is 25.1. The number of hydrogen-bond donors (Lipinski definition) is 1. The van der Waals surface area contributed by atoms with E-state index in [0.717, 1.165) is 32.1 Å². The number of aliphatic hydroxyl groups is 1. The minimum Gasteiger partial charge on any atom is -0.458 e. The molecule has 4 aliphatic rings. The maximum absolute atomic E-state index is 13.5. The van der Waals surface area contributed by atoms with Crippen molar-refractivity contribution in [2.75, 3.05) is 0 Å². The Morgan fingerprint density at radius 1 is 1.05 bits per heavy atom. The van der Waals surface area contributed by atoms with Crippen molar-refractivity contribution in [3.63, 3.8) is 0 Å². The van der Waals surface area contributed by atoms with E-state index in [9.17, 15) is 19.5 Å². The molecule has 3 aliphatic heterocycles. The Hall–Kier alpha value is -1.93. The monoisotopic (exact) mass is 562 g/mol. The van der Waals surface area contributed by atoms with Gasteiger partial charge in [0.25, 0.3) is 0 Å². The molecule has 8 heteroatoms. The van der Waals surface area contributed by atoms with Crippen molar-refractivity contribution in [2.45, 2.75) is 147 Å². The Balaban J connectivity index is 1.71. The molecule has 1 saturated carbocycles. The van der Waals surface area contributed by atoms with Crippen molar-refractivity contribution in [3.8, 4) is 0 Å². The fourth-order valence-corrected chi connectivity index (χ4v) is 7.78. The molecule has 10 atom stereocenters. The standard InChI is InChI=1S/C32H50O8/c1-7-9-10-11-12-14-26(34)39-24-18-22(37-25(33)13-8-2)19(3)17-23-28-27-21(15-16-31(28,5)36)20(4)30(35)40-32(24,6)29(27)38-23/h20-24,27-29,36H,3,7-18H2,1-2,4-6H3/t20-,21+,22-,23+,24-,27+,28+,29+,31-,32+/m1/s1. The second-order valence-corrected chi connectivity index (χ2v) is 13.1. The third-order valence-corrected chi connectivity index (χ3v) is 10.1. The Kier molecular flexibility index (Phi) is 9.71. The number of unbranched alkanes of at least 4 members (excludes halogenated alkanes) is 4. The fourth-order valence-electron chi connectivity index (χ4n) is 7.78. The van der Waals surface area contributed by atoms with E-state index in [0.29, 0.717) is 31.3 Å². The summed E-state index contributed by atoms with van der Waals surface area (Å²) in [6, 6.07) is 0. The van der Waals surface area contributed by atoms with E-state index in [-0.39, 0.29) is 66.9 Å². The highest BCUT2D eigenvalue weighted by atomic mass is 16.6. The second-order valence-electron chi connectivity index (χ2n) is 13.1. The minimum atomic E-state index is -1.32. The first-order chi connectivity index (χ1) is 18.9. The topological polar surface area (TPSA) is 108 Å². The van der Waals surface area contributed by atoms with Gasteiger partial charge in [0.2, 0.25) is 0 Å². The summed E-state index contributed by atoms with van der Waals surface area (Å²) in [6.45, 7) is 13.9. The van der Waals surface area contributed by atoms with Crippen LogP contribution in [-0.4, -0.2) is 58.6 Å². The zero-order valence-electron chi connectivity index (χ0n) is 25.1. The maximum Gasteiger partial charge on any atom is 0.309 e. The number of ether oxygens (including phenoxy) is 4. The zero-order chi connectivity index (χ0) is 29.2. The molecule has 3 saturated heterocycles. The maximum atomic E-state index is 13.5. The van der Waals surface area contributed by atoms with Gasteiger partial charge in [0, 0.05) is 31.1 Å². The molecule has 0 radical (unpaired) electrons. The van der Waals surface area contributed by atoms with Crippen LogP contribution in [0, 0.1) is 23.7 Å². The van der Waals surface area contributed by atoms with Gasteiger partial charge in [-0.05, 0) is 57.4 Å². The van der Waals surface area contributed by atoms with E-state index < -0.39 is 29.5 Å². The first-order valence-corrected chi connectivity index (χ1v) is 15.6. The second kappa shape index (κ2) is 12.5. The fraction of sp³-hybridized carbons (Fsp3) is 0.844. The largest absolute Gasteiger partial charge is 0.458 e. The molecule has 2 bridgehead atoms. The van der Waals surface area contributed by atoms with Crippen LogP contribution in [0.4, 0.5) is 0 Å². The van der Waals surface area contributed by atoms with Crippen LogP contribution in [-0.2, 0) is 33.3 Å². The van der Waals surface area contributed by atoms with Gasteiger partial charge in [0.05, 0.1) is 17.6 Å². The normalized spacial score (nSPS) is 40.8. The van der Waals surface area contributed by atoms with Crippen LogP contribution in [0.25, 0.3) is 0 Å². The summed E-state index contributed by atoms with van der Waals surface area (Å²) < 4.78 is 25.1. The average Bonchev–Trinajstić information content (AvgIpc) is 3.26. The first-order valence-electron chi connectivity index (χ1n) is 15.6. The Morgan fingerprint density at radius 3 is 2.45 bits per heavy atom. The van der Waals surface area contributed by atoms with Gasteiger partial charge in [-0.3, -0.25) is 14.4 Å². The number of carbonyl (C=O) groups is 3. The summed E-state index contributed by atoms with van der Waals surface area (Å²) in [5.74, 6) is -1.87. The molecular formula is C32H50O8. The van der Waals surface area contributed by atoms with Crippen LogP contribution in [0.15, 0.2) is 12.2 Å². The quantitative estimate of drug-likeness (QED) is 0.162. The lowest BCUT2D eigenvalue weighted by Crippen LogP contribution is -2.58. The van der Waals surface area contributed by atoms with E-state index in [1.165, 1.54) is 0 Å². The molecule has 8 nitrogen and oxygen atoms in total. The molecule has 1 aliphatic carbocycles. The van der Waals surface area contributed by atoms with Crippen molar-refractivity contribution in [1.29, 1.82) is 0 Å². The van der Waals surface area contributed by atoms with Crippen molar-refractivity contribution < 1.29 is 38.4 Å². The Bertz CT molecular complexity index is 959. The van der Waals surface area contributed by atoms with Crippen molar-refractivity contribution in [1.82, 2.24) is 0 Å². The summed E-state index contributed by atoms with van der Waals surface area (Å²) >= 11 is 0. The van der Waals surface area contributed by atoms with Gasteiger partial charge in [0.15, 0.2) is 5.60 Å². The molecule has 3 heterocycles. The number of carbonyl (C=O) groups excluding carboxylic acids is 3. The molecule has 4 fully saturated rings. The van der Waals surface area contributed by atoms with Crippen LogP contribution in [0.5, 0.6) is 0 Å². The Labute approximate surface area is 239 Å². The van der Waals surface area contributed by atoms with Gasteiger partial charge in [-0.15, -0.1) is 0 Å². The average molecular weight is 563 g/mol. The summed E-state index contributed by atoms with van der Waals surface area (Å²) in [5, 5.41) is 11.6. The molecule has 0 amide bonds. The molecule has 40 heavy (non-hydrogen) atoms. The summed E-state index contributed by atoms with van der Waals surface area (Å²) in [7, 11) is 0. The SMILES string of the molecule is C=C1C[C@@H]2O[C@H]3[C@H]4[C@@H](CC[C@@](C)(O)[C@H]42)[C@@H](C)C(=O)O[C@@]3(C)[C@H](OC(=O)CCCCCCC)C[C@H]1OC(=O)CCC. The lowest BCUT2D eigenvalue weighted by Gasteiger charge is -2.48. The van der Waals surface area contributed by atoms with Crippen LogP contribution < -0.4 is 0 Å². The van der Waals surface area contributed by atoms with Crippen LogP contribution >= 0.6 is 0 Å². The van der Waals surface area contributed by atoms with Gasteiger partial charge in [-0.2, -0.15) is 0 Å². The van der Waals surface area contributed by atoms with Gasteiger partial charge in [-0.1, -0.05) is 53.0 Å². The summed E-state index contributed by atoms with van der Waals surface area (Å²) in [6.07, 6.45) is 5.33. The van der Waals surface area contributed by atoms with E-state index in [2.05, 4.69) is 13.5 Å². The summed E-state index contributed by atoms with van der Waals surface area (Å²) in [4.78, 5) is 39.4. The molecule has 0 unspecified atom stereocenters. The van der Waals surface area contributed by atoms with Crippen LogP contribution in [0.3, 0.4) is 0 Å². The van der Waals surface area contributed by atoms with Crippen molar-refractivity contribution in [2.24, 2.45) is 23.7 Å². The molecule has 0 spiro atoms. The molecule has 1 N–H and O–H groups in total. The minimum absolute atomic E-state index is 0.0182. The van der Waals surface area contributed by atoms with Crippen LogP contribution in [0.1, 0.15) is 112 Å². The van der Waals surface area contributed by atoms with Crippen LogP contribution in [0.2, 0.25) is 0 Å². The third-order valence-electron chi connectivity index (χ3n) is 10.1. The lowest BCUT2D eigenvalue weighted by molar-refractivity contribution is -0.210. The van der Waals surface area contributed by atoms with E-state index >= 15 is 0 Å². The van der Waals surface area contributed by atoms with Crippen molar-refractivity contribution >= 4 is 17.9 Å². The van der Waals surface area contributed by atoms with Crippen molar-refractivity contribution in [3.05, 3.63) is 12.2 Å². The van der Waals surface area contributed by atoms with Gasteiger partial charge < -0.3 is 24.1 Å².